The monoisotopic (exact) mass is 186 g/mol. The minimum Gasteiger partial charge on any atom is -0.450 e. The summed E-state index contributed by atoms with van der Waals surface area (Å²) >= 11 is 11.1. The Balaban J connectivity index is 3.56. The minimum absolute atomic E-state index is 0.193. The van der Waals surface area contributed by atoms with E-state index in [4.69, 9.17) is 28.3 Å². The summed E-state index contributed by atoms with van der Waals surface area (Å²) in [5.74, 6) is 0. The number of halogens is 2. The van der Waals surface area contributed by atoms with E-state index in [1.165, 1.54) is 0 Å². The van der Waals surface area contributed by atoms with Crippen LogP contribution in [-0.2, 0) is 4.74 Å². The van der Waals surface area contributed by atoms with E-state index in [0.717, 1.165) is 0 Å². The van der Waals surface area contributed by atoms with Crippen molar-refractivity contribution in [1.29, 1.82) is 0 Å². The fourth-order valence-corrected chi connectivity index (χ4v) is 0.378. The Labute approximate surface area is 68.9 Å². The average Bonchev–Trinajstić information content (AvgIpc) is 1.85. The SMILES string of the molecule is CCC(Cl)(Cl)COC(=O)O. The molecule has 0 aliphatic heterocycles. The van der Waals surface area contributed by atoms with Gasteiger partial charge in [0.15, 0.2) is 4.33 Å². The quantitative estimate of drug-likeness (QED) is 0.544. The fraction of sp³-hybridized carbons (Fsp3) is 0.800. The van der Waals surface area contributed by atoms with Crippen molar-refractivity contribution in [2.24, 2.45) is 0 Å². The Morgan fingerprint density at radius 2 is 2.20 bits per heavy atom. The lowest BCUT2D eigenvalue weighted by Gasteiger charge is -2.14. The third-order valence-corrected chi connectivity index (χ3v) is 1.68. The van der Waals surface area contributed by atoms with Gasteiger partial charge in [0.25, 0.3) is 0 Å². The molecule has 0 saturated carbocycles. The zero-order valence-electron chi connectivity index (χ0n) is 5.43. The van der Waals surface area contributed by atoms with Gasteiger partial charge in [-0.3, -0.25) is 0 Å². The second-order valence-corrected chi connectivity index (χ2v) is 3.40. The lowest BCUT2D eigenvalue weighted by atomic mass is 10.3. The van der Waals surface area contributed by atoms with Crippen LogP contribution >= 0.6 is 23.2 Å². The van der Waals surface area contributed by atoms with Crippen LogP contribution in [0.4, 0.5) is 4.79 Å². The molecular weight excluding hydrogens is 179 g/mol. The van der Waals surface area contributed by atoms with E-state index in [0.29, 0.717) is 6.42 Å². The number of carbonyl (C=O) groups is 1. The molecule has 0 spiro atoms. The van der Waals surface area contributed by atoms with Crippen LogP contribution in [0.2, 0.25) is 0 Å². The van der Waals surface area contributed by atoms with Gasteiger partial charge in [-0.2, -0.15) is 0 Å². The predicted octanol–water partition coefficient (Wildman–Crippen LogP) is 2.26. The Morgan fingerprint density at radius 3 is 2.50 bits per heavy atom. The van der Waals surface area contributed by atoms with Crippen LogP contribution in [0.3, 0.4) is 0 Å². The number of hydrogen-bond acceptors (Lipinski definition) is 2. The Morgan fingerprint density at radius 1 is 1.70 bits per heavy atom. The van der Waals surface area contributed by atoms with Gasteiger partial charge in [-0.1, -0.05) is 30.1 Å². The molecule has 0 rings (SSSR count). The molecule has 0 fully saturated rings. The van der Waals surface area contributed by atoms with Crippen LogP contribution in [0.1, 0.15) is 13.3 Å². The fourth-order valence-electron chi connectivity index (χ4n) is 0.269. The Bertz CT molecular complexity index is 124. The summed E-state index contributed by atoms with van der Waals surface area (Å²) in [6.45, 7) is 1.55. The molecule has 10 heavy (non-hydrogen) atoms. The minimum atomic E-state index is -1.36. The first-order valence-corrected chi connectivity index (χ1v) is 3.47. The van der Waals surface area contributed by atoms with Crippen molar-refractivity contribution in [3.8, 4) is 0 Å². The number of rotatable bonds is 3. The molecule has 0 unspecified atom stereocenters. The highest BCUT2D eigenvalue weighted by molar-refractivity contribution is 6.48. The van der Waals surface area contributed by atoms with Gasteiger partial charge in [0.05, 0.1) is 0 Å². The number of alkyl halides is 2. The first-order valence-electron chi connectivity index (χ1n) is 2.71. The van der Waals surface area contributed by atoms with Crippen molar-refractivity contribution in [3.63, 3.8) is 0 Å². The predicted molar refractivity (Wildman–Crippen MR) is 38.7 cm³/mol. The molecule has 0 atom stereocenters. The van der Waals surface area contributed by atoms with E-state index in [9.17, 15) is 4.79 Å². The number of ether oxygens (including phenoxy) is 1. The number of hydrogen-bond donors (Lipinski definition) is 1. The molecule has 0 saturated heterocycles. The summed E-state index contributed by atoms with van der Waals surface area (Å²) in [4.78, 5) is 9.82. The zero-order chi connectivity index (χ0) is 8.20. The van der Waals surface area contributed by atoms with E-state index >= 15 is 0 Å². The molecule has 3 nitrogen and oxygen atoms in total. The molecule has 0 aliphatic rings. The molecular formula is C5H8Cl2O3. The Hall–Kier alpha value is -0.150. The van der Waals surface area contributed by atoms with E-state index < -0.39 is 10.5 Å². The van der Waals surface area contributed by atoms with E-state index in [1.54, 1.807) is 6.92 Å². The first-order chi connectivity index (χ1) is 4.48. The summed E-state index contributed by atoms with van der Waals surface area (Å²) in [5.41, 5.74) is 0. The van der Waals surface area contributed by atoms with Gasteiger partial charge in [-0.25, -0.2) is 4.79 Å². The van der Waals surface area contributed by atoms with Crippen LogP contribution in [0.5, 0.6) is 0 Å². The van der Waals surface area contributed by atoms with Crippen molar-refractivity contribution in [2.45, 2.75) is 17.7 Å². The van der Waals surface area contributed by atoms with Crippen LogP contribution in [0.15, 0.2) is 0 Å². The second-order valence-electron chi connectivity index (χ2n) is 1.76. The average molecular weight is 187 g/mol. The molecule has 0 aliphatic carbocycles. The molecule has 0 amide bonds. The molecule has 0 bridgehead atoms. The van der Waals surface area contributed by atoms with E-state index in [2.05, 4.69) is 4.74 Å². The third kappa shape index (κ3) is 4.70. The van der Waals surface area contributed by atoms with Crippen molar-refractivity contribution in [3.05, 3.63) is 0 Å². The molecule has 0 aromatic carbocycles. The second kappa shape index (κ2) is 3.88. The highest BCUT2D eigenvalue weighted by Crippen LogP contribution is 2.24. The van der Waals surface area contributed by atoms with Gasteiger partial charge in [-0.15, -0.1) is 0 Å². The standard InChI is InChI=1S/C5H8Cl2O3/c1-2-5(6,7)3-10-4(8)9/h2-3H2,1H3,(H,8,9). The molecule has 0 aromatic heterocycles. The molecule has 0 heterocycles. The van der Waals surface area contributed by atoms with Crippen molar-refractivity contribution >= 4 is 29.4 Å². The van der Waals surface area contributed by atoms with Gasteiger partial charge < -0.3 is 9.84 Å². The summed E-state index contributed by atoms with van der Waals surface area (Å²) < 4.78 is 3.07. The maximum Gasteiger partial charge on any atom is 0.505 e. The van der Waals surface area contributed by atoms with Crippen molar-refractivity contribution in [2.75, 3.05) is 6.61 Å². The van der Waals surface area contributed by atoms with Crippen LogP contribution < -0.4 is 0 Å². The lowest BCUT2D eigenvalue weighted by molar-refractivity contribution is 0.0883. The largest absolute Gasteiger partial charge is 0.505 e. The van der Waals surface area contributed by atoms with Gasteiger partial charge in [-0.05, 0) is 6.42 Å². The molecule has 0 radical (unpaired) electrons. The highest BCUT2D eigenvalue weighted by atomic mass is 35.5. The van der Waals surface area contributed by atoms with Gasteiger partial charge in [0.2, 0.25) is 0 Å². The summed E-state index contributed by atoms with van der Waals surface area (Å²) in [6, 6.07) is 0. The topological polar surface area (TPSA) is 46.5 Å². The summed E-state index contributed by atoms with van der Waals surface area (Å²) in [5, 5.41) is 8.03. The van der Waals surface area contributed by atoms with Crippen molar-refractivity contribution < 1.29 is 14.6 Å². The number of carboxylic acid groups (broad SMARTS) is 1. The molecule has 0 aromatic rings. The molecule has 1 N–H and O–H groups in total. The van der Waals surface area contributed by atoms with Gasteiger partial charge in [0.1, 0.15) is 6.61 Å². The summed E-state index contributed by atoms with van der Waals surface area (Å²) in [6.07, 6.45) is -0.914. The van der Waals surface area contributed by atoms with Crippen molar-refractivity contribution in [1.82, 2.24) is 0 Å². The maximum atomic E-state index is 9.82. The Kier molecular flexibility index (Phi) is 3.83. The third-order valence-electron chi connectivity index (χ3n) is 0.924. The van der Waals surface area contributed by atoms with E-state index in [1.807, 2.05) is 0 Å². The van der Waals surface area contributed by atoms with Crippen LogP contribution in [0, 0.1) is 0 Å². The molecule has 5 heteroatoms. The maximum absolute atomic E-state index is 9.82. The lowest BCUT2D eigenvalue weighted by Crippen LogP contribution is -2.21. The first kappa shape index (κ1) is 9.85. The van der Waals surface area contributed by atoms with Gasteiger partial charge >= 0.3 is 6.16 Å². The molecule has 60 valence electrons. The summed E-state index contributed by atoms with van der Waals surface area (Å²) in [7, 11) is 0. The highest BCUT2D eigenvalue weighted by Gasteiger charge is 2.23. The van der Waals surface area contributed by atoms with Crippen LogP contribution in [-0.4, -0.2) is 22.2 Å². The van der Waals surface area contributed by atoms with E-state index in [-0.39, 0.29) is 6.61 Å². The smallest absolute Gasteiger partial charge is 0.450 e. The van der Waals surface area contributed by atoms with Crippen LogP contribution in [0.25, 0.3) is 0 Å². The normalized spacial score (nSPS) is 11.1. The zero-order valence-corrected chi connectivity index (χ0v) is 6.95. The van der Waals surface area contributed by atoms with Gasteiger partial charge in [0, 0.05) is 0 Å².